The third-order valence-electron chi connectivity index (χ3n) is 6.33. The Hall–Kier alpha value is -1.55. The van der Waals surface area contributed by atoms with Crippen LogP contribution in [0, 0.1) is 5.92 Å². The number of hydrogen-bond acceptors (Lipinski definition) is 2. The smallest absolute Gasteiger partial charge is 0.223 e. The molecular formula is C25H29Cl2NO2. The summed E-state index contributed by atoms with van der Waals surface area (Å²) < 4.78 is 5.87. The fourth-order valence-corrected chi connectivity index (χ4v) is 4.83. The minimum absolute atomic E-state index is 0.0413. The predicted octanol–water partition coefficient (Wildman–Crippen LogP) is 6.65. The Bertz CT molecular complexity index is 866. The molecule has 0 aromatic heterocycles. The maximum Gasteiger partial charge on any atom is 0.223 e. The first-order chi connectivity index (χ1) is 14.5. The van der Waals surface area contributed by atoms with Crippen LogP contribution in [-0.2, 0) is 9.53 Å². The van der Waals surface area contributed by atoms with Gasteiger partial charge in [0.1, 0.15) is 0 Å². The van der Waals surface area contributed by atoms with Crippen LogP contribution < -0.4 is 0 Å². The molecular weight excluding hydrogens is 417 g/mol. The van der Waals surface area contributed by atoms with Crippen molar-refractivity contribution in [2.45, 2.75) is 57.0 Å². The van der Waals surface area contributed by atoms with E-state index >= 15 is 0 Å². The van der Waals surface area contributed by atoms with Crippen LogP contribution in [0.1, 0.15) is 62.1 Å². The number of carbonyl (C=O) groups is 1. The number of nitrogens with zero attached hydrogens (tertiary/aromatic N) is 1. The summed E-state index contributed by atoms with van der Waals surface area (Å²) in [5.74, 6) is 1.16. The second-order valence-corrected chi connectivity index (χ2v) is 9.53. The molecule has 1 heterocycles. The summed E-state index contributed by atoms with van der Waals surface area (Å²) in [5, 5.41) is 1.43. The van der Waals surface area contributed by atoms with Crippen molar-refractivity contribution in [3.63, 3.8) is 0 Å². The number of likely N-dealkylation sites (tertiary alicyclic amines) is 1. The number of piperidine rings is 1. The molecule has 1 saturated heterocycles. The summed E-state index contributed by atoms with van der Waals surface area (Å²) >= 11 is 12.5. The van der Waals surface area contributed by atoms with E-state index in [1.165, 1.54) is 18.4 Å². The molecule has 1 aliphatic carbocycles. The number of carbonyl (C=O) groups excluding carboxylic acids is 1. The van der Waals surface area contributed by atoms with Crippen LogP contribution in [-0.4, -0.2) is 30.1 Å². The van der Waals surface area contributed by atoms with Crippen LogP contribution >= 0.6 is 23.2 Å². The number of rotatable bonds is 8. The molecule has 1 saturated carbocycles. The van der Waals surface area contributed by atoms with Crippen LogP contribution in [0.4, 0.5) is 0 Å². The van der Waals surface area contributed by atoms with Crippen LogP contribution in [0.25, 0.3) is 0 Å². The Kier molecular flexibility index (Phi) is 7.02. The highest BCUT2D eigenvalue weighted by atomic mass is 35.5. The molecule has 0 spiro atoms. The van der Waals surface area contributed by atoms with Gasteiger partial charge >= 0.3 is 0 Å². The number of benzene rings is 2. The maximum absolute atomic E-state index is 13.1. The van der Waals surface area contributed by atoms with Gasteiger partial charge in [-0.1, -0.05) is 47.5 Å². The maximum atomic E-state index is 13.1. The lowest BCUT2D eigenvalue weighted by atomic mass is 9.79. The molecule has 1 aliphatic heterocycles. The van der Waals surface area contributed by atoms with E-state index in [-0.39, 0.29) is 23.9 Å². The molecule has 2 aliphatic rings. The zero-order chi connectivity index (χ0) is 21.1. The fraction of sp³-hybridized carbons (Fsp3) is 0.480. The Labute approximate surface area is 189 Å². The second kappa shape index (κ2) is 9.72. The molecule has 4 rings (SSSR count). The Morgan fingerprint density at radius 2 is 1.80 bits per heavy atom. The summed E-state index contributed by atoms with van der Waals surface area (Å²) in [5.41, 5.74) is 2.29. The molecule has 1 amide bonds. The first kappa shape index (κ1) is 21.7. The van der Waals surface area contributed by atoms with Crippen LogP contribution in [0.3, 0.4) is 0 Å². The van der Waals surface area contributed by atoms with E-state index in [1.807, 2.05) is 42.5 Å². The molecule has 0 N–H and O–H groups in total. The van der Waals surface area contributed by atoms with Crippen molar-refractivity contribution in [3.05, 3.63) is 69.7 Å². The van der Waals surface area contributed by atoms with E-state index in [0.29, 0.717) is 18.1 Å². The highest BCUT2D eigenvalue weighted by molar-refractivity contribution is 6.30. The van der Waals surface area contributed by atoms with Crippen LogP contribution in [0.2, 0.25) is 10.0 Å². The first-order valence-corrected chi connectivity index (χ1v) is 11.7. The molecule has 0 unspecified atom stereocenters. The minimum Gasteiger partial charge on any atom is -0.381 e. The van der Waals surface area contributed by atoms with Gasteiger partial charge in [0.25, 0.3) is 0 Å². The van der Waals surface area contributed by atoms with Gasteiger partial charge in [-0.05, 0) is 73.9 Å². The van der Waals surface area contributed by atoms with Crippen molar-refractivity contribution in [2.24, 2.45) is 5.92 Å². The molecule has 30 heavy (non-hydrogen) atoms. The van der Waals surface area contributed by atoms with Gasteiger partial charge in [-0.25, -0.2) is 0 Å². The third-order valence-corrected chi connectivity index (χ3v) is 6.82. The van der Waals surface area contributed by atoms with Gasteiger partial charge < -0.3 is 9.64 Å². The fourth-order valence-electron chi connectivity index (χ4n) is 4.50. The highest BCUT2D eigenvalue weighted by Crippen LogP contribution is 2.45. The van der Waals surface area contributed by atoms with Crippen molar-refractivity contribution in [3.8, 4) is 0 Å². The van der Waals surface area contributed by atoms with E-state index in [9.17, 15) is 4.79 Å². The van der Waals surface area contributed by atoms with Gasteiger partial charge in [0, 0.05) is 41.6 Å². The van der Waals surface area contributed by atoms with Crippen molar-refractivity contribution in [1.82, 2.24) is 4.90 Å². The summed E-state index contributed by atoms with van der Waals surface area (Å²) in [4.78, 5) is 15.2. The van der Waals surface area contributed by atoms with Gasteiger partial charge in [-0.15, -0.1) is 0 Å². The van der Waals surface area contributed by atoms with Gasteiger partial charge in [0.15, 0.2) is 0 Å². The molecule has 0 bridgehead atoms. The molecule has 2 aromatic carbocycles. The molecule has 3 atom stereocenters. The number of amides is 1. The summed E-state index contributed by atoms with van der Waals surface area (Å²) in [6, 6.07) is 16.0. The van der Waals surface area contributed by atoms with E-state index in [2.05, 4.69) is 17.9 Å². The molecule has 160 valence electrons. The van der Waals surface area contributed by atoms with E-state index in [0.717, 1.165) is 36.0 Å². The topological polar surface area (TPSA) is 29.5 Å². The summed E-state index contributed by atoms with van der Waals surface area (Å²) in [7, 11) is 0. The molecule has 2 aromatic rings. The molecule has 5 heteroatoms. The average Bonchev–Trinajstić information content (AvgIpc) is 3.56. The predicted molar refractivity (Wildman–Crippen MR) is 122 cm³/mol. The summed E-state index contributed by atoms with van der Waals surface area (Å²) in [6.07, 6.45) is 4.79. The standard InChI is InChI=1S/C25H29Cl2NO2/c1-17(13-14-30-16-18-5-6-18)28-24(29)12-11-23(20-3-2-4-22(27)15-20)25(28)19-7-9-21(26)10-8-19/h2-4,7-10,15,17-18,23,25H,5-6,11-14,16H2,1H3/t17-,23+,25+/m0/s1. The molecule has 0 radical (unpaired) electrons. The zero-order valence-corrected chi connectivity index (χ0v) is 18.9. The third kappa shape index (κ3) is 5.19. The van der Waals surface area contributed by atoms with E-state index in [4.69, 9.17) is 27.9 Å². The van der Waals surface area contributed by atoms with Crippen molar-refractivity contribution >= 4 is 29.1 Å². The zero-order valence-electron chi connectivity index (χ0n) is 17.4. The normalized spacial score (nSPS) is 22.9. The quantitative estimate of drug-likeness (QED) is 0.425. The molecule has 2 fully saturated rings. The average molecular weight is 446 g/mol. The minimum atomic E-state index is -0.0413. The second-order valence-electron chi connectivity index (χ2n) is 8.65. The Morgan fingerprint density at radius 3 is 2.50 bits per heavy atom. The lowest BCUT2D eigenvalue weighted by molar-refractivity contribution is -0.140. The number of hydrogen-bond donors (Lipinski definition) is 0. The Morgan fingerprint density at radius 1 is 1.03 bits per heavy atom. The monoisotopic (exact) mass is 445 g/mol. The van der Waals surface area contributed by atoms with Gasteiger partial charge in [0.05, 0.1) is 6.04 Å². The highest BCUT2D eigenvalue weighted by Gasteiger charge is 2.39. The Balaban J connectivity index is 1.60. The van der Waals surface area contributed by atoms with Crippen LogP contribution in [0.15, 0.2) is 48.5 Å². The van der Waals surface area contributed by atoms with Crippen molar-refractivity contribution in [2.75, 3.05) is 13.2 Å². The lowest BCUT2D eigenvalue weighted by Gasteiger charge is -2.45. The van der Waals surface area contributed by atoms with E-state index < -0.39 is 0 Å². The van der Waals surface area contributed by atoms with Crippen molar-refractivity contribution < 1.29 is 9.53 Å². The first-order valence-electron chi connectivity index (χ1n) is 10.9. The van der Waals surface area contributed by atoms with Gasteiger partial charge in [0.2, 0.25) is 5.91 Å². The van der Waals surface area contributed by atoms with Gasteiger partial charge in [-0.2, -0.15) is 0 Å². The molecule has 3 nitrogen and oxygen atoms in total. The number of ether oxygens (including phenoxy) is 1. The van der Waals surface area contributed by atoms with Crippen molar-refractivity contribution in [1.29, 1.82) is 0 Å². The SMILES string of the molecule is C[C@@H](CCOCC1CC1)N1C(=O)CC[C@H](c2cccc(Cl)c2)[C@H]1c1ccc(Cl)cc1. The van der Waals surface area contributed by atoms with E-state index in [1.54, 1.807) is 0 Å². The van der Waals surface area contributed by atoms with Gasteiger partial charge in [-0.3, -0.25) is 4.79 Å². The van der Waals surface area contributed by atoms with Crippen LogP contribution in [0.5, 0.6) is 0 Å². The summed E-state index contributed by atoms with van der Waals surface area (Å²) in [6.45, 7) is 3.69. The lowest BCUT2D eigenvalue weighted by Crippen LogP contribution is -2.47. The number of halogens is 2. The largest absolute Gasteiger partial charge is 0.381 e.